The molecule has 0 saturated carbocycles. The summed E-state index contributed by atoms with van der Waals surface area (Å²) in [6, 6.07) is 6.65. The number of carboxylic acid groups (broad SMARTS) is 1. The number of benzene rings is 1. The third-order valence-electron chi connectivity index (χ3n) is 2.73. The molecule has 0 aliphatic heterocycles. The lowest BCUT2D eigenvalue weighted by Crippen LogP contribution is -2.36. The van der Waals surface area contributed by atoms with Gasteiger partial charge in [0.15, 0.2) is 0 Å². The summed E-state index contributed by atoms with van der Waals surface area (Å²) in [5.41, 5.74) is 2.00. The van der Waals surface area contributed by atoms with Crippen LogP contribution in [0.15, 0.2) is 36.4 Å². The minimum Gasteiger partial charge on any atom is -0.481 e. The molecule has 1 aromatic rings. The van der Waals surface area contributed by atoms with Crippen LogP contribution < -0.4 is 5.32 Å². The van der Waals surface area contributed by atoms with Crippen LogP contribution in [0, 0.1) is 0 Å². The maximum absolute atomic E-state index is 12.1. The van der Waals surface area contributed by atoms with Gasteiger partial charge in [-0.3, -0.25) is 4.79 Å². The fourth-order valence-corrected chi connectivity index (χ4v) is 1.81. The van der Waals surface area contributed by atoms with Gasteiger partial charge in [0, 0.05) is 18.8 Å². The smallest absolute Gasteiger partial charge is 0.322 e. The van der Waals surface area contributed by atoms with Gasteiger partial charge < -0.3 is 15.3 Å². The number of hydrogen-bond acceptors (Lipinski definition) is 2. The van der Waals surface area contributed by atoms with E-state index in [1.54, 1.807) is 29.2 Å². The number of nitrogens with zero attached hydrogens (tertiary/aromatic N) is 1. The first-order valence-corrected chi connectivity index (χ1v) is 6.44. The molecule has 5 heteroatoms. The Bertz CT molecular complexity index is 512. The zero-order valence-electron chi connectivity index (χ0n) is 11.8. The van der Waals surface area contributed by atoms with E-state index in [0.29, 0.717) is 24.3 Å². The van der Waals surface area contributed by atoms with E-state index in [9.17, 15) is 9.59 Å². The van der Waals surface area contributed by atoms with Crippen LogP contribution in [0.2, 0.25) is 0 Å². The molecule has 0 aliphatic carbocycles. The SMILES string of the molecule is C=C(C)CN(CC)C(=O)Nc1ccccc1CC(=O)O. The first-order chi connectivity index (χ1) is 9.43. The highest BCUT2D eigenvalue weighted by molar-refractivity contribution is 5.91. The first-order valence-electron chi connectivity index (χ1n) is 6.44. The van der Waals surface area contributed by atoms with E-state index in [2.05, 4.69) is 11.9 Å². The molecular weight excluding hydrogens is 256 g/mol. The zero-order valence-corrected chi connectivity index (χ0v) is 11.8. The van der Waals surface area contributed by atoms with E-state index in [4.69, 9.17) is 5.11 Å². The van der Waals surface area contributed by atoms with Crippen LogP contribution in [0.4, 0.5) is 10.5 Å². The van der Waals surface area contributed by atoms with Crippen molar-refractivity contribution in [2.24, 2.45) is 0 Å². The number of para-hydroxylation sites is 1. The number of likely N-dealkylation sites (N-methyl/N-ethyl adjacent to an activating group) is 1. The number of urea groups is 1. The van der Waals surface area contributed by atoms with Crippen molar-refractivity contribution in [1.82, 2.24) is 4.90 Å². The van der Waals surface area contributed by atoms with Gasteiger partial charge in [0.2, 0.25) is 0 Å². The number of rotatable bonds is 6. The first kappa shape index (κ1) is 15.8. The maximum atomic E-state index is 12.1. The molecule has 108 valence electrons. The van der Waals surface area contributed by atoms with Gasteiger partial charge in [-0.2, -0.15) is 0 Å². The second-order valence-corrected chi connectivity index (χ2v) is 4.63. The summed E-state index contributed by atoms with van der Waals surface area (Å²) in [7, 11) is 0. The van der Waals surface area contributed by atoms with Crippen LogP contribution in [0.5, 0.6) is 0 Å². The van der Waals surface area contributed by atoms with Gasteiger partial charge in [-0.15, -0.1) is 0 Å². The van der Waals surface area contributed by atoms with Crippen LogP contribution in [0.1, 0.15) is 19.4 Å². The van der Waals surface area contributed by atoms with Gasteiger partial charge in [0.25, 0.3) is 0 Å². The number of aliphatic carboxylic acids is 1. The summed E-state index contributed by atoms with van der Waals surface area (Å²) in [6.07, 6.45) is -0.122. The highest BCUT2D eigenvalue weighted by atomic mass is 16.4. The Balaban J connectivity index is 2.83. The number of nitrogens with one attached hydrogen (secondary N) is 1. The van der Waals surface area contributed by atoms with E-state index in [0.717, 1.165) is 5.57 Å². The predicted octanol–water partition coefficient (Wildman–Crippen LogP) is 2.74. The second kappa shape index (κ2) is 7.33. The van der Waals surface area contributed by atoms with Gasteiger partial charge in [-0.05, 0) is 25.5 Å². The van der Waals surface area contributed by atoms with Crippen LogP contribution >= 0.6 is 0 Å². The number of amides is 2. The van der Waals surface area contributed by atoms with Crippen molar-refractivity contribution < 1.29 is 14.7 Å². The van der Waals surface area contributed by atoms with Crippen LogP contribution in [0.3, 0.4) is 0 Å². The van der Waals surface area contributed by atoms with Crippen molar-refractivity contribution in [3.63, 3.8) is 0 Å². The number of hydrogen-bond donors (Lipinski definition) is 2. The minimum absolute atomic E-state index is 0.122. The normalized spacial score (nSPS) is 9.90. The number of anilines is 1. The molecule has 0 spiro atoms. The van der Waals surface area contributed by atoms with Crippen LogP contribution in [-0.4, -0.2) is 35.1 Å². The summed E-state index contributed by atoms with van der Waals surface area (Å²) >= 11 is 0. The second-order valence-electron chi connectivity index (χ2n) is 4.63. The Morgan fingerprint density at radius 1 is 1.35 bits per heavy atom. The van der Waals surface area contributed by atoms with Crippen molar-refractivity contribution in [2.45, 2.75) is 20.3 Å². The number of carboxylic acids is 1. The quantitative estimate of drug-likeness (QED) is 0.785. The Labute approximate surface area is 118 Å². The predicted molar refractivity (Wildman–Crippen MR) is 78.9 cm³/mol. The van der Waals surface area contributed by atoms with E-state index in [-0.39, 0.29) is 12.5 Å². The van der Waals surface area contributed by atoms with Gasteiger partial charge in [-0.25, -0.2) is 4.79 Å². The van der Waals surface area contributed by atoms with Crippen molar-refractivity contribution in [2.75, 3.05) is 18.4 Å². The topological polar surface area (TPSA) is 69.6 Å². The molecule has 2 amide bonds. The fourth-order valence-electron chi connectivity index (χ4n) is 1.81. The monoisotopic (exact) mass is 276 g/mol. The summed E-state index contributed by atoms with van der Waals surface area (Å²) in [6.45, 7) is 8.56. The molecular formula is C15H20N2O3. The van der Waals surface area contributed by atoms with Gasteiger partial charge >= 0.3 is 12.0 Å². The molecule has 0 atom stereocenters. The molecule has 0 aliphatic rings. The Morgan fingerprint density at radius 3 is 2.55 bits per heavy atom. The van der Waals surface area contributed by atoms with Crippen molar-refractivity contribution in [3.8, 4) is 0 Å². The Hall–Kier alpha value is -2.30. The lowest BCUT2D eigenvalue weighted by Gasteiger charge is -2.22. The third-order valence-corrected chi connectivity index (χ3v) is 2.73. The maximum Gasteiger partial charge on any atom is 0.322 e. The average Bonchev–Trinajstić information content (AvgIpc) is 2.37. The van der Waals surface area contributed by atoms with Crippen molar-refractivity contribution in [1.29, 1.82) is 0 Å². The Morgan fingerprint density at radius 2 is 2.00 bits per heavy atom. The molecule has 1 rings (SSSR count). The van der Waals surface area contributed by atoms with E-state index >= 15 is 0 Å². The summed E-state index contributed by atoms with van der Waals surface area (Å²) in [5.74, 6) is -0.930. The van der Waals surface area contributed by atoms with Crippen LogP contribution in [-0.2, 0) is 11.2 Å². The van der Waals surface area contributed by atoms with Crippen molar-refractivity contribution >= 4 is 17.7 Å². The molecule has 1 aromatic carbocycles. The van der Waals surface area contributed by atoms with Gasteiger partial charge in [0.1, 0.15) is 0 Å². The van der Waals surface area contributed by atoms with E-state index in [1.165, 1.54) is 0 Å². The molecule has 0 heterocycles. The molecule has 5 nitrogen and oxygen atoms in total. The van der Waals surface area contributed by atoms with E-state index < -0.39 is 5.97 Å². The molecule has 0 bridgehead atoms. The number of carbonyl (C=O) groups excluding carboxylic acids is 1. The average molecular weight is 276 g/mol. The zero-order chi connectivity index (χ0) is 15.1. The minimum atomic E-state index is -0.930. The standard InChI is InChI=1S/C15H20N2O3/c1-4-17(10-11(2)3)15(20)16-13-8-6-5-7-12(13)9-14(18)19/h5-8H,2,4,9-10H2,1,3H3,(H,16,20)(H,18,19). The Kier molecular flexibility index (Phi) is 5.77. The molecule has 0 fully saturated rings. The molecule has 0 unspecified atom stereocenters. The highest BCUT2D eigenvalue weighted by Gasteiger charge is 2.14. The lowest BCUT2D eigenvalue weighted by molar-refractivity contribution is -0.136. The van der Waals surface area contributed by atoms with Gasteiger partial charge in [0.05, 0.1) is 6.42 Å². The highest BCUT2D eigenvalue weighted by Crippen LogP contribution is 2.16. The van der Waals surface area contributed by atoms with Gasteiger partial charge in [-0.1, -0.05) is 30.4 Å². The molecule has 0 aromatic heterocycles. The molecule has 0 saturated heterocycles. The summed E-state index contributed by atoms with van der Waals surface area (Å²) in [4.78, 5) is 24.6. The summed E-state index contributed by atoms with van der Waals surface area (Å²) < 4.78 is 0. The summed E-state index contributed by atoms with van der Waals surface area (Å²) in [5, 5.41) is 11.6. The molecule has 0 radical (unpaired) electrons. The fraction of sp³-hybridized carbons (Fsp3) is 0.333. The van der Waals surface area contributed by atoms with Crippen LogP contribution in [0.25, 0.3) is 0 Å². The molecule has 2 N–H and O–H groups in total. The van der Waals surface area contributed by atoms with Crippen molar-refractivity contribution in [3.05, 3.63) is 42.0 Å². The lowest BCUT2D eigenvalue weighted by atomic mass is 10.1. The number of carbonyl (C=O) groups is 2. The van der Waals surface area contributed by atoms with E-state index in [1.807, 2.05) is 13.8 Å². The largest absolute Gasteiger partial charge is 0.481 e. The third kappa shape index (κ3) is 4.76. The molecule has 20 heavy (non-hydrogen) atoms.